The van der Waals surface area contributed by atoms with Gasteiger partial charge in [0.2, 0.25) is 17.7 Å². The second kappa shape index (κ2) is 8.37. The molecule has 5 nitrogen and oxygen atoms in total. The molecule has 1 aliphatic rings. The summed E-state index contributed by atoms with van der Waals surface area (Å²) in [7, 11) is 3.16. The molecule has 0 bridgehead atoms. The molecule has 2 aromatic carbocycles. The molecule has 152 valence electrons. The van der Waals surface area contributed by atoms with E-state index < -0.39 is 5.41 Å². The highest BCUT2D eigenvalue weighted by molar-refractivity contribution is 6.32. The summed E-state index contributed by atoms with van der Waals surface area (Å²) in [6, 6.07) is 15.0. The fraction of sp³-hybridized carbons (Fsp3) is 0.348. The lowest BCUT2D eigenvalue weighted by Crippen LogP contribution is -2.41. The Labute approximate surface area is 176 Å². The van der Waals surface area contributed by atoms with Gasteiger partial charge in [0.05, 0.1) is 5.41 Å². The molecule has 0 saturated carbocycles. The molecule has 1 heterocycles. The van der Waals surface area contributed by atoms with Crippen molar-refractivity contribution in [1.29, 1.82) is 0 Å². The molecular formula is C23H25ClN2O3. The van der Waals surface area contributed by atoms with Gasteiger partial charge in [-0.1, -0.05) is 61.0 Å². The molecule has 0 spiro atoms. The van der Waals surface area contributed by atoms with Gasteiger partial charge in [-0.05, 0) is 29.2 Å². The first kappa shape index (κ1) is 21.1. The maximum Gasteiger partial charge on any atom is 0.240 e. The molecule has 0 aliphatic carbocycles. The van der Waals surface area contributed by atoms with E-state index in [2.05, 4.69) is 6.92 Å². The van der Waals surface area contributed by atoms with Crippen molar-refractivity contribution in [2.75, 3.05) is 14.1 Å². The van der Waals surface area contributed by atoms with E-state index in [0.717, 1.165) is 16.9 Å². The van der Waals surface area contributed by atoms with E-state index in [0.29, 0.717) is 17.1 Å². The van der Waals surface area contributed by atoms with E-state index in [9.17, 15) is 14.4 Å². The zero-order chi connectivity index (χ0) is 21.2. The van der Waals surface area contributed by atoms with E-state index in [1.165, 1.54) is 12.6 Å². The minimum atomic E-state index is -1.26. The Balaban J connectivity index is 1.86. The number of carbonyl (C=O) groups excluding carboxylic acids is 3. The number of benzene rings is 2. The average Bonchev–Trinajstić information content (AvgIpc) is 2.93. The van der Waals surface area contributed by atoms with Crippen LogP contribution in [0, 0.1) is 0 Å². The molecule has 3 rings (SSSR count). The summed E-state index contributed by atoms with van der Waals surface area (Å²) < 4.78 is 0. The highest BCUT2D eigenvalue weighted by Crippen LogP contribution is 2.42. The Hall–Kier alpha value is -2.66. The van der Waals surface area contributed by atoms with Gasteiger partial charge < -0.3 is 4.90 Å². The first-order chi connectivity index (χ1) is 13.8. The molecule has 3 amide bonds. The van der Waals surface area contributed by atoms with Crippen molar-refractivity contribution in [2.45, 2.75) is 38.1 Å². The summed E-state index contributed by atoms with van der Waals surface area (Å²) >= 11 is 6.37. The molecule has 1 atom stereocenters. The molecule has 0 aromatic heterocycles. The van der Waals surface area contributed by atoms with Crippen LogP contribution in [-0.2, 0) is 32.8 Å². The summed E-state index contributed by atoms with van der Waals surface area (Å²) in [5.74, 6) is -0.897. The van der Waals surface area contributed by atoms with Crippen LogP contribution in [-0.4, -0.2) is 41.6 Å². The maximum absolute atomic E-state index is 13.1. The summed E-state index contributed by atoms with van der Waals surface area (Å²) in [6.07, 6.45) is 0.797. The van der Waals surface area contributed by atoms with Gasteiger partial charge in [-0.3, -0.25) is 19.3 Å². The lowest BCUT2D eigenvalue weighted by molar-refractivity contribution is -0.141. The number of hydrogen-bond acceptors (Lipinski definition) is 3. The van der Waals surface area contributed by atoms with Crippen molar-refractivity contribution in [3.05, 3.63) is 70.2 Å². The van der Waals surface area contributed by atoms with Gasteiger partial charge in [0.1, 0.15) is 0 Å². The zero-order valence-electron chi connectivity index (χ0n) is 16.9. The fourth-order valence-electron chi connectivity index (χ4n) is 3.82. The second-order valence-corrected chi connectivity index (χ2v) is 8.00. The minimum absolute atomic E-state index is 0.0587. The van der Waals surface area contributed by atoms with Crippen LogP contribution < -0.4 is 0 Å². The predicted octanol–water partition coefficient (Wildman–Crippen LogP) is 3.58. The van der Waals surface area contributed by atoms with Crippen LogP contribution in [0.25, 0.3) is 0 Å². The van der Waals surface area contributed by atoms with E-state index >= 15 is 0 Å². The summed E-state index contributed by atoms with van der Waals surface area (Å²) in [6.45, 7) is 2.52. The second-order valence-electron chi connectivity index (χ2n) is 7.59. The highest BCUT2D eigenvalue weighted by atomic mass is 35.5. The first-order valence-corrected chi connectivity index (χ1v) is 10.0. The highest BCUT2D eigenvalue weighted by Gasteiger charge is 2.53. The summed E-state index contributed by atoms with van der Waals surface area (Å²) in [5.41, 5.74) is 1.51. The lowest BCUT2D eigenvalue weighted by Gasteiger charge is -2.29. The molecule has 1 fully saturated rings. The van der Waals surface area contributed by atoms with Gasteiger partial charge in [0.25, 0.3) is 0 Å². The molecule has 29 heavy (non-hydrogen) atoms. The summed E-state index contributed by atoms with van der Waals surface area (Å²) in [4.78, 5) is 41.1. The van der Waals surface area contributed by atoms with Gasteiger partial charge in [0.15, 0.2) is 0 Å². The molecule has 0 radical (unpaired) electrons. The maximum atomic E-state index is 13.1. The summed E-state index contributed by atoms with van der Waals surface area (Å²) in [5, 5.41) is 0.384. The van der Waals surface area contributed by atoms with Crippen molar-refractivity contribution >= 4 is 29.3 Å². The van der Waals surface area contributed by atoms with Crippen LogP contribution in [0.4, 0.5) is 0 Å². The van der Waals surface area contributed by atoms with Crippen LogP contribution in [0.5, 0.6) is 0 Å². The van der Waals surface area contributed by atoms with Crippen molar-refractivity contribution < 1.29 is 14.4 Å². The Morgan fingerprint density at radius 1 is 1.10 bits per heavy atom. The van der Waals surface area contributed by atoms with E-state index in [-0.39, 0.29) is 30.6 Å². The van der Waals surface area contributed by atoms with Crippen LogP contribution >= 0.6 is 11.6 Å². The smallest absolute Gasteiger partial charge is 0.240 e. The molecule has 2 aromatic rings. The van der Waals surface area contributed by atoms with Gasteiger partial charge in [-0.15, -0.1) is 0 Å². The number of likely N-dealkylation sites (tertiary alicyclic amines) is 1. The Morgan fingerprint density at radius 2 is 1.72 bits per heavy atom. The third kappa shape index (κ3) is 4.06. The van der Waals surface area contributed by atoms with Crippen LogP contribution in [0.15, 0.2) is 48.5 Å². The number of amides is 3. The number of likely N-dealkylation sites (N-methyl/N-ethyl adjacent to an activating group) is 1. The zero-order valence-corrected chi connectivity index (χ0v) is 17.7. The van der Waals surface area contributed by atoms with Gasteiger partial charge >= 0.3 is 0 Å². The Morgan fingerprint density at radius 3 is 2.28 bits per heavy atom. The third-order valence-corrected chi connectivity index (χ3v) is 5.99. The minimum Gasteiger partial charge on any atom is -0.341 e. The molecule has 0 N–H and O–H groups in total. The monoisotopic (exact) mass is 412 g/mol. The Bertz CT molecular complexity index is 941. The van der Waals surface area contributed by atoms with E-state index in [1.807, 2.05) is 24.3 Å². The quantitative estimate of drug-likeness (QED) is 0.681. The van der Waals surface area contributed by atoms with Gasteiger partial charge in [-0.2, -0.15) is 0 Å². The lowest BCUT2D eigenvalue weighted by atomic mass is 9.75. The SMILES string of the molecule is CCc1ccc(CN(C)C(=O)C[C@@]2(c3ccccc3Cl)CC(=O)N(C)C2=O)cc1. The number of rotatable bonds is 6. The van der Waals surface area contributed by atoms with Crippen molar-refractivity contribution in [2.24, 2.45) is 0 Å². The molecular weight excluding hydrogens is 388 g/mol. The first-order valence-electron chi connectivity index (χ1n) is 9.66. The number of hydrogen-bond donors (Lipinski definition) is 0. The number of nitrogens with zero attached hydrogens (tertiary/aromatic N) is 2. The molecule has 1 saturated heterocycles. The van der Waals surface area contributed by atoms with E-state index in [1.54, 1.807) is 36.2 Å². The van der Waals surface area contributed by atoms with Gasteiger partial charge in [0, 0.05) is 38.5 Å². The number of carbonyl (C=O) groups is 3. The number of halogens is 1. The predicted molar refractivity (Wildman–Crippen MR) is 112 cm³/mol. The molecule has 6 heteroatoms. The van der Waals surface area contributed by atoms with Crippen LogP contribution in [0.1, 0.15) is 36.5 Å². The number of aryl methyl sites for hydroxylation is 1. The van der Waals surface area contributed by atoms with Crippen molar-refractivity contribution in [3.8, 4) is 0 Å². The topological polar surface area (TPSA) is 57.7 Å². The average molecular weight is 413 g/mol. The third-order valence-electron chi connectivity index (χ3n) is 5.66. The van der Waals surface area contributed by atoms with Crippen molar-refractivity contribution in [3.63, 3.8) is 0 Å². The van der Waals surface area contributed by atoms with Gasteiger partial charge in [-0.25, -0.2) is 0 Å². The van der Waals surface area contributed by atoms with Crippen LogP contribution in [0.2, 0.25) is 5.02 Å². The molecule has 0 unspecified atom stereocenters. The Kier molecular flexibility index (Phi) is 6.08. The standard InChI is InChI=1S/C23H25ClN2O3/c1-4-16-9-11-17(12-10-16)15-25(2)20(27)13-23(14-21(28)26(3)22(23)29)18-7-5-6-8-19(18)24/h5-12H,4,13-15H2,1-3H3/t23-/m0/s1. The van der Waals surface area contributed by atoms with Crippen molar-refractivity contribution in [1.82, 2.24) is 9.80 Å². The fourth-order valence-corrected chi connectivity index (χ4v) is 4.13. The molecule has 1 aliphatic heterocycles. The normalized spacial score (nSPS) is 19.0. The number of imide groups is 1. The van der Waals surface area contributed by atoms with Crippen LogP contribution in [0.3, 0.4) is 0 Å². The van der Waals surface area contributed by atoms with E-state index in [4.69, 9.17) is 11.6 Å². The largest absolute Gasteiger partial charge is 0.341 e.